The van der Waals surface area contributed by atoms with Crippen molar-refractivity contribution >= 4 is 5.97 Å². The minimum atomic E-state index is -0.930. The van der Waals surface area contributed by atoms with Crippen LogP contribution in [-0.2, 0) is 6.54 Å². The Balaban J connectivity index is 1.70. The van der Waals surface area contributed by atoms with Crippen LogP contribution in [-0.4, -0.2) is 42.2 Å². The molecule has 0 saturated carbocycles. The quantitative estimate of drug-likeness (QED) is 0.769. The maximum Gasteiger partial charge on any atom is 0.339 e. The molecule has 0 bridgehead atoms. The molecular formula is C14H22N2O3. The van der Waals surface area contributed by atoms with Crippen molar-refractivity contribution in [2.24, 2.45) is 0 Å². The van der Waals surface area contributed by atoms with Gasteiger partial charge in [0.15, 0.2) is 0 Å². The number of hydrogen-bond donors (Lipinski definition) is 2. The molecule has 19 heavy (non-hydrogen) atoms. The molecule has 5 nitrogen and oxygen atoms in total. The maximum absolute atomic E-state index is 10.9. The smallest absolute Gasteiger partial charge is 0.339 e. The summed E-state index contributed by atoms with van der Waals surface area (Å²) in [5.74, 6) is 0.231. The van der Waals surface area contributed by atoms with Gasteiger partial charge in [-0.15, -0.1) is 0 Å². The molecule has 1 aromatic rings. The zero-order valence-corrected chi connectivity index (χ0v) is 11.4. The molecule has 0 aromatic carbocycles. The molecule has 0 aliphatic carbocycles. The van der Waals surface area contributed by atoms with Crippen molar-refractivity contribution < 1.29 is 14.3 Å². The summed E-state index contributed by atoms with van der Waals surface area (Å²) in [6.45, 7) is 6.62. The predicted molar refractivity (Wildman–Crippen MR) is 72.4 cm³/mol. The van der Waals surface area contributed by atoms with Crippen LogP contribution in [0.5, 0.6) is 0 Å². The van der Waals surface area contributed by atoms with E-state index in [1.165, 1.54) is 32.4 Å². The van der Waals surface area contributed by atoms with E-state index in [4.69, 9.17) is 9.52 Å². The summed E-state index contributed by atoms with van der Waals surface area (Å²) >= 11 is 0. The van der Waals surface area contributed by atoms with Gasteiger partial charge in [-0.3, -0.25) is 0 Å². The van der Waals surface area contributed by atoms with Crippen LogP contribution >= 0.6 is 0 Å². The van der Waals surface area contributed by atoms with Gasteiger partial charge in [0.25, 0.3) is 0 Å². The van der Waals surface area contributed by atoms with E-state index in [-0.39, 0.29) is 5.56 Å². The number of nitrogens with zero attached hydrogens (tertiary/aromatic N) is 1. The Morgan fingerprint density at radius 1 is 1.42 bits per heavy atom. The van der Waals surface area contributed by atoms with Crippen LogP contribution < -0.4 is 5.32 Å². The molecule has 1 aromatic heterocycles. The lowest BCUT2D eigenvalue weighted by Gasteiger charge is -2.26. The average molecular weight is 266 g/mol. The first-order valence-corrected chi connectivity index (χ1v) is 6.92. The first-order chi connectivity index (χ1) is 9.16. The fourth-order valence-corrected chi connectivity index (χ4v) is 2.47. The van der Waals surface area contributed by atoms with Gasteiger partial charge < -0.3 is 19.7 Å². The molecule has 0 unspecified atom stereocenters. The van der Waals surface area contributed by atoms with Crippen LogP contribution in [0, 0.1) is 6.92 Å². The van der Waals surface area contributed by atoms with Crippen molar-refractivity contribution in [3.63, 3.8) is 0 Å². The number of piperidine rings is 1. The highest BCUT2D eigenvalue weighted by Crippen LogP contribution is 2.14. The number of furan rings is 1. The van der Waals surface area contributed by atoms with Gasteiger partial charge in [0.05, 0.1) is 6.54 Å². The van der Waals surface area contributed by atoms with Gasteiger partial charge in [0, 0.05) is 13.1 Å². The largest absolute Gasteiger partial charge is 0.478 e. The molecule has 2 rings (SSSR count). The summed E-state index contributed by atoms with van der Waals surface area (Å²) in [5.41, 5.74) is 0.257. The van der Waals surface area contributed by atoms with Crippen LogP contribution in [0.2, 0.25) is 0 Å². The zero-order valence-electron chi connectivity index (χ0n) is 11.4. The van der Waals surface area contributed by atoms with E-state index in [2.05, 4.69) is 10.2 Å². The summed E-state index contributed by atoms with van der Waals surface area (Å²) < 4.78 is 5.41. The molecule has 106 valence electrons. The lowest BCUT2D eigenvalue weighted by Crippen LogP contribution is -2.35. The van der Waals surface area contributed by atoms with E-state index >= 15 is 0 Å². The third-order valence-electron chi connectivity index (χ3n) is 3.55. The lowest BCUT2D eigenvalue weighted by atomic mass is 10.1. The summed E-state index contributed by atoms with van der Waals surface area (Å²) in [6, 6.07) is 1.60. The van der Waals surface area contributed by atoms with Crippen molar-refractivity contribution in [3.8, 4) is 0 Å². The number of rotatable bonds is 6. The Kier molecular flexibility index (Phi) is 4.99. The molecule has 2 N–H and O–H groups in total. The average Bonchev–Trinajstić information content (AvgIpc) is 2.77. The molecule has 1 saturated heterocycles. The van der Waals surface area contributed by atoms with E-state index < -0.39 is 5.97 Å². The van der Waals surface area contributed by atoms with Crippen LogP contribution in [0.3, 0.4) is 0 Å². The number of likely N-dealkylation sites (tertiary alicyclic amines) is 1. The van der Waals surface area contributed by atoms with Crippen LogP contribution in [0.4, 0.5) is 0 Å². The Morgan fingerprint density at radius 3 is 2.79 bits per heavy atom. The second-order valence-corrected chi connectivity index (χ2v) is 5.07. The standard InChI is InChI=1S/C14H22N2O3/c1-11-13(14(17)18)9-12(19-11)10-15-5-8-16-6-3-2-4-7-16/h9,15H,2-8,10H2,1H3,(H,17,18). The van der Waals surface area contributed by atoms with Crippen molar-refractivity contribution in [1.82, 2.24) is 10.2 Å². The molecule has 0 atom stereocenters. The number of aromatic carboxylic acids is 1. The maximum atomic E-state index is 10.9. The predicted octanol–water partition coefficient (Wildman–Crippen LogP) is 1.86. The number of nitrogens with one attached hydrogen (secondary N) is 1. The monoisotopic (exact) mass is 266 g/mol. The second kappa shape index (κ2) is 6.73. The third-order valence-corrected chi connectivity index (χ3v) is 3.55. The van der Waals surface area contributed by atoms with Gasteiger partial charge in [-0.05, 0) is 38.9 Å². The summed E-state index contributed by atoms with van der Waals surface area (Å²) in [6.07, 6.45) is 3.96. The van der Waals surface area contributed by atoms with Crippen molar-refractivity contribution in [1.29, 1.82) is 0 Å². The molecular weight excluding hydrogens is 244 g/mol. The fourth-order valence-electron chi connectivity index (χ4n) is 2.47. The summed E-state index contributed by atoms with van der Waals surface area (Å²) in [7, 11) is 0. The van der Waals surface area contributed by atoms with Gasteiger partial charge in [-0.2, -0.15) is 0 Å². The molecule has 0 radical (unpaired) electrons. The first-order valence-electron chi connectivity index (χ1n) is 6.92. The van der Waals surface area contributed by atoms with Crippen LogP contribution in [0.25, 0.3) is 0 Å². The first kappa shape index (κ1) is 14.1. The van der Waals surface area contributed by atoms with Crippen molar-refractivity contribution in [3.05, 3.63) is 23.2 Å². The number of carbonyl (C=O) groups is 1. The van der Waals surface area contributed by atoms with E-state index in [1.807, 2.05) is 0 Å². The van der Waals surface area contributed by atoms with Gasteiger partial charge in [-0.25, -0.2) is 4.79 Å². The molecule has 2 heterocycles. The second-order valence-electron chi connectivity index (χ2n) is 5.07. The highest BCUT2D eigenvalue weighted by molar-refractivity contribution is 5.88. The highest BCUT2D eigenvalue weighted by atomic mass is 16.4. The number of aryl methyl sites for hydroxylation is 1. The molecule has 1 fully saturated rings. The van der Waals surface area contributed by atoms with Crippen LogP contribution in [0.1, 0.15) is 41.1 Å². The topological polar surface area (TPSA) is 65.7 Å². The summed E-state index contributed by atoms with van der Waals surface area (Å²) in [4.78, 5) is 13.3. The highest BCUT2D eigenvalue weighted by Gasteiger charge is 2.13. The van der Waals surface area contributed by atoms with Gasteiger partial charge in [-0.1, -0.05) is 6.42 Å². The minimum Gasteiger partial charge on any atom is -0.478 e. The Bertz CT molecular complexity index is 422. The molecule has 1 aliphatic rings. The van der Waals surface area contributed by atoms with Gasteiger partial charge in [0.2, 0.25) is 0 Å². The number of carboxylic acids is 1. The van der Waals surface area contributed by atoms with E-state index in [9.17, 15) is 4.79 Å². The third kappa shape index (κ3) is 4.08. The summed E-state index contributed by atoms with van der Waals surface area (Å²) in [5, 5.41) is 12.2. The lowest BCUT2D eigenvalue weighted by molar-refractivity contribution is 0.0695. The Labute approximate surface area is 113 Å². The number of carboxylic acid groups (broad SMARTS) is 1. The molecule has 0 amide bonds. The molecule has 5 heteroatoms. The van der Waals surface area contributed by atoms with Crippen molar-refractivity contribution in [2.45, 2.75) is 32.7 Å². The van der Waals surface area contributed by atoms with E-state index in [0.717, 1.165) is 13.1 Å². The normalized spacial score (nSPS) is 16.7. The number of hydrogen-bond acceptors (Lipinski definition) is 4. The van der Waals surface area contributed by atoms with E-state index in [0.29, 0.717) is 18.1 Å². The van der Waals surface area contributed by atoms with Crippen LogP contribution in [0.15, 0.2) is 10.5 Å². The fraction of sp³-hybridized carbons (Fsp3) is 0.643. The van der Waals surface area contributed by atoms with Gasteiger partial charge in [0.1, 0.15) is 17.1 Å². The Morgan fingerprint density at radius 2 is 2.16 bits per heavy atom. The SMILES string of the molecule is Cc1oc(CNCCN2CCCCC2)cc1C(=O)O. The Hall–Kier alpha value is -1.33. The van der Waals surface area contributed by atoms with Gasteiger partial charge >= 0.3 is 5.97 Å². The molecule has 0 spiro atoms. The zero-order chi connectivity index (χ0) is 13.7. The molecule has 1 aliphatic heterocycles. The van der Waals surface area contributed by atoms with E-state index in [1.54, 1.807) is 13.0 Å². The minimum absolute atomic E-state index is 0.257. The van der Waals surface area contributed by atoms with Crippen molar-refractivity contribution in [2.75, 3.05) is 26.2 Å².